The summed E-state index contributed by atoms with van der Waals surface area (Å²) in [6.07, 6.45) is 8.83. The van der Waals surface area contributed by atoms with Gasteiger partial charge in [-0.15, -0.1) is 5.10 Å². The van der Waals surface area contributed by atoms with Crippen molar-refractivity contribution in [3.8, 4) is 5.69 Å². The fraction of sp³-hybridized carbons (Fsp3) is 0.615. The Hall–Kier alpha value is -2.09. The maximum Gasteiger partial charge on any atom is 0.225 e. The number of nitrogens with one attached hydrogen (secondary N) is 1. The number of piperidine rings is 1. The van der Waals surface area contributed by atoms with Crippen LogP contribution in [0.3, 0.4) is 0 Å². The highest BCUT2D eigenvalue weighted by molar-refractivity contribution is 5.36. The lowest BCUT2D eigenvalue weighted by Gasteiger charge is -2.33. The van der Waals surface area contributed by atoms with Gasteiger partial charge >= 0.3 is 0 Å². The molecule has 2 fully saturated rings. The Balaban J connectivity index is 1.50. The molecular weight excluding hydrogens is 268 g/mol. The van der Waals surface area contributed by atoms with E-state index < -0.39 is 0 Å². The van der Waals surface area contributed by atoms with Gasteiger partial charge in [0.25, 0.3) is 0 Å². The molecule has 4 heterocycles. The van der Waals surface area contributed by atoms with Crippen LogP contribution in [0.15, 0.2) is 18.7 Å². The van der Waals surface area contributed by atoms with Crippen molar-refractivity contribution in [2.75, 3.05) is 31.1 Å². The SMILES string of the molecule is c1nc(N2CCC3(CCNCC3)C2)ncc1-n1cnnn1. The van der Waals surface area contributed by atoms with Gasteiger partial charge in [-0.2, -0.15) is 4.68 Å². The second-order valence-electron chi connectivity index (χ2n) is 5.92. The average Bonchev–Trinajstić information content (AvgIpc) is 3.19. The number of hydrogen-bond acceptors (Lipinski definition) is 7. The van der Waals surface area contributed by atoms with Crippen LogP contribution >= 0.6 is 0 Å². The van der Waals surface area contributed by atoms with Gasteiger partial charge in [0.1, 0.15) is 12.0 Å². The fourth-order valence-corrected chi connectivity index (χ4v) is 3.35. The van der Waals surface area contributed by atoms with E-state index in [1.54, 1.807) is 17.1 Å². The van der Waals surface area contributed by atoms with Gasteiger partial charge in [0.15, 0.2) is 0 Å². The summed E-state index contributed by atoms with van der Waals surface area (Å²) in [6.45, 7) is 4.38. The van der Waals surface area contributed by atoms with Crippen LogP contribution in [0.2, 0.25) is 0 Å². The molecule has 8 heteroatoms. The van der Waals surface area contributed by atoms with E-state index in [2.05, 4.69) is 35.7 Å². The lowest BCUT2D eigenvalue weighted by atomic mass is 9.78. The molecule has 2 aliphatic rings. The molecule has 0 amide bonds. The molecule has 8 nitrogen and oxygen atoms in total. The molecule has 4 rings (SSSR count). The van der Waals surface area contributed by atoms with E-state index in [9.17, 15) is 0 Å². The first-order valence-electron chi connectivity index (χ1n) is 7.36. The molecule has 0 aliphatic carbocycles. The van der Waals surface area contributed by atoms with Gasteiger partial charge in [-0.3, -0.25) is 0 Å². The summed E-state index contributed by atoms with van der Waals surface area (Å²) < 4.78 is 1.56. The number of anilines is 1. The lowest BCUT2D eigenvalue weighted by molar-refractivity contribution is 0.232. The molecule has 2 aromatic rings. The van der Waals surface area contributed by atoms with Gasteiger partial charge in [0.05, 0.1) is 12.4 Å². The maximum atomic E-state index is 4.48. The summed E-state index contributed by atoms with van der Waals surface area (Å²) in [4.78, 5) is 11.3. The molecule has 2 aliphatic heterocycles. The van der Waals surface area contributed by atoms with Gasteiger partial charge in [-0.05, 0) is 48.2 Å². The second-order valence-corrected chi connectivity index (χ2v) is 5.92. The number of rotatable bonds is 2. The van der Waals surface area contributed by atoms with E-state index in [-0.39, 0.29) is 0 Å². The van der Waals surface area contributed by atoms with E-state index >= 15 is 0 Å². The van der Waals surface area contributed by atoms with Crippen LogP contribution < -0.4 is 10.2 Å². The third kappa shape index (κ3) is 2.35. The summed E-state index contributed by atoms with van der Waals surface area (Å²) in [7, 11) is 0. The zero-order valence-electron chi connectivity index (χ0n) is 11.8. The first kappa shape index (κ1) is 12.6. The van der Waals surface area contributed by atoms with Crippen molar-refractivity contribution in [1.29, 1.82) is 0 Å². The van der Waals surface area contributed by atoms with Crippen molar-refractivity contribution in [3.05, 3.63) is 18.7 Å². The first-order chi connectivity index (χ1) is 10.3. The molecule has 2 saturated heterocycles. The highest BCUT2D eigenvalue weighted by Crippen LogP contribution is 2.39. The summed E-state index contributed by atoms with van der Waals surface area (Å²) in [6, 6.07) is 0. The number of nitrogens with zero attached hydrogens (tertiary/aromatic N) is 7. The zero-order chi connectivity index (χ0) is 14.1. The van der Waals surface area contributed by atoms with E-state index in [0.29, 0.717) is 5.41 Å². The second kappa shape index (κ2) is 5.03. The molecule has 0 saturated carbocycles. The summed E-state index contributed by atoms with van der Waals surface area (Å²) in [5.74, 6) is 0.808. The molecule has 0 radical (unpaired) electrons. The van der Waals surface area contributed by atoms with Crippen LogP contribution in [0.1, 0.15) is 19.3 Å². The molecule has 2 aromatic heterocycles. The summed E-state index contributed by atoms with van der Waals surface area (Å²) in [5.41, 5.74) is 1.24. The van der Waals surface area contributed by atoms with Crippen LogP contribution in [0.4, 0.5) is 5.95 Å². The minimum atomic E-state index is 0.461. The Morgan fingerprint density at radius 2 is 1.90 bits per heavy atom. The van der Waals surface area contributed by atoms with Crippen molar-refractivity contribution >= 4 is 5.95 Å². The Labute approximate surface area is 122 Å². The standard InChI is InChI=1S/C13H18N8/c1-4-14-5-2-13(1)3-6-20(9-13)12-15-7-11(8-16-12)21-10-17-18-19-21/h7-8,10,14H,1-6,9H2. The molecule has 0 bridgehead atoms. The Kier molecular flexibility index (Phi) is 3.03. The van der Waals surface area contributed by atoms with Crippen LogP contribution in [0.25, 0.3) is 5.69 Å². The minimum Gasteiger partial charge on any atom is -0.340 e. The van der Waals surface area contributed by atoms with E-state index in [0.717, 1.165) is 37.8 Å². The normalized spacial score (nSPS) is 21.0. The molecule has 0 aromatic carbocycles. The molecule has 0 atom stereocenters. The zero-order valence-corrected chi connectivity index (χ0v) is 11.8. The third-order valence-corrected chi connectivity index (χ3v) is 4.62. The van der Waals surface area contributed by atoms with E-state index in [4.69, 9.17) is 0 Å². The first-order valence-corrected chi connectivity index (χ1v) is 7.36. The molecular formula is C13H18N8. The fourth-order valence-electron chi connectivity index (χ4n) is 3.35. The summed E-state index contributed by atoms with van der Waals surface area (Å²) in [5, 5.41) is 14.5. The average molecular weight is 286 g/mol. The van der Waals surface area contributed by atoms with Crippen LogP contribution in [-0.2, 0) is 0 Å². The van der Waals surface area contributed by atoms with Crippen molar-refractivity contribution in [2.45, 2.75) is 19.3 Å². The molecule has 1 N–H and O–H groups in total. The lowest BCUT2D eigenvalue weighted by Crippen LogP contribution is -2.38. The minimum absolute atomic E-state index is 0.461. The van der Waals surface area contributed by atoms with Gasteiger partial charge < -0.3 is 10.2 Å². The predicted octanol–water partition coefficient (Wildman–Crippen LogP) is 0.0322. The van der Waals surface area contributed by atoms with Crippen LogP contribution in [0, 0.1) is 5.41 Å². The number of tetrazole rings is 1. The van der Waals surface area contributed by atoms with Crippen molar-refractivity contribution in [1.82, 2.24) is 35.5 Å². The molecule has 0 unspecified atom stereocenters. The van der Waals surface area contributed by atoms with Gasteiger partial charge in [0.2, 0.25) is 5.95 Å². The topological polar surface area (TPSA) is 84.7 Å². The number of aromatic nitrogens is 6. The summed E-state index contributed by atoms with van der Waals surface area (Å²) >= 11 is 0. The highest BCUT2D eigenvalue weighted by atomic mass is 15.5. The highest BCUT2D eigenvalue weighted by Gasteiger charge is 2.39. The van der Waals surface area contributed by atoms with Crippen molar-refractivity contribution < 1.29 is 0 Å². The third-order valence-electron chi connectivity index (χ3n) is 4.62. The Bertz CT molecular complexity index is 587. The monoisotopic (exact) mass is 286 g/mol. The Morgan fingerprint density at radius 1 is 1.10 bits per heavy atom. The smallest absolute Gasteiger partial charge is 0.225 e. The maximum absolute atomic E-state index is 4.48. The van der Waals surface area contributed by atoms with E-state index in [1.165, 1.54) is 25.6 Å². The van der Waals surface area contributed by atoms with Crippen LogP contribution in [-0.4, -0.2) is 56.4 Å². The van der Waals surface area contributed by atoms with E-state index in [1.807, 2.05) is 0 Å². The predicted molar refractivity (Wildman–Crippen MR) is 76.1 cm³/mol. The number of hydrogen-bond donors (Lipinski definition) is 1. The van der Waals surface area contributed by atoms with Gasteiger partial charge in [-0.25, -0.2) is 9.97 Å². The molecule has 1 spiro atoms. The molecule has 21 heavy (non-hydrogen) atoms. The van der Waals surface area contributed by atoms with Crippen molar-refractivity contribution in [3.63, 3.8) is 0 Å². The van der Waals surface area contributed by atoms with Crippen LogP contribution in [0.5, 0.6) is 0 Å². The largest absolute Gasteiger partial charge is 0.340 e. The van der Waals surface area contributed by atoms with Crippen molar-refractivity contribution in [2.24, 2.45) is 5.41 Å². The van der Waals surface area contributed by atoms with Gasteiger partial charge in [0, 0.05) is 13.1 Å². The quantitative estimate of drug-likeness (QED) is 0.833. The Morgan fingerprint density at radius 3 is 2.62 bits per heavy atom. The molecule has 110 valence electrons. The van der Waals surface area contributed by atoms with Gasteiger partial charge in [-0.1, -0.05) is 0 Å².